The minimum Gasteiger partial charge on any atom is -0.489 e. The molecular formula is C29H35LiO3P. The quantitative estimate of drug-likeness (QED) is 0.217. The first-order valence-electron chi connectivity index (χ1n) is 11.6. The van der Waals surface area contributed by atoms with Crippen LogP contribution in [-0.4, -0.2) is 30.5 Å². The van der Waals surface area contributed by atoms with Gasteiger partial charge in [-0.25, -0.2) is 0 Å². The monoisotopic (exact) mass is 469 g/mol. The van der Waals surface area contributed by atoms with E-state index in [9.17, 15) is 4.79 Å². The van der Waals surface area contributed by atoms with Crippen LogP contribution in [-0.2, 0) is 13.2 Å². The van der Waals surface area contributed by atoms with Gasteiger partial charge >= 0.3 is 0 Å². The third-order valence-corrected chi connectivity index (χ3v) is 6.78. The minimum atomic E-state index is 0. The molecule has 3 aromatic rings. The largest absolute Gasteiger partial charge is 0.489 e. The third-order valence-electron chi connectivity index (χ3n) is 5.31. The summed E-state index contributed by atoms with van der Waals surface area (Å²) in [6.07, 6.45) is 2.01. The molecule has 34 heavy (non-hydrogen) atoms. The second-order valence-electron chi connectivity index (χ2n) is 9.73. The van der Waals surface area contributed by atoms with Gasteiger partial charge < -0.3 is 9.47 Å². The Morgan fingerprint density at radius 1 is 0.794 bits per heavy atom. The number of carbonyl (C=O) groups is 1. The molecule has 1 radical (unpaired) electrons. The van der Waals surface area contributed by atoms with Gasteiger partial charge in [0.2, 0.25) is 0 Å². The Balaban J connectivity index is 0.00000408. The van der Waals surface area contributed by atoms with Gasteiger partial charge in [0, 0.05) is 35.6 Å². The van der Waals surface area contributed by atoms with Crippen molar-refractivity contribution < 1.29 is 14.3 Å². The van der Waals surface area contributed by atoms with Crippen molar-refractivity contribution in [3.05, 3.63) is 95.6 Å². The van der Waals surface area contributed by atoms with Crippen molar-refractivity contribution in [2.24, 2.45) is 11.3 Å². The van der Waals surface area contributed by atoms with E-state index < -0.39 is 0 Å². The third kappa shape index (κ3) is 9.31. The molecule has 0 aliphatic carbocycles. The van der Waals surface area contributed by atoms with Crippen molar-refractivity contribution in [2.75, 3.05) is 6.16 Å². The van der Waals surface area contributed by atoms with E-state index >= 15 is 0 Å². The van der Waals surface area contributed by atoms with Crippen molar-refractivity contribution >= 4 is 33.0 Å². The zero-order chi connectivity index (χ0) is 23.7. The van der Waals surface area contributed by atoms with Crippen LogP contribution in [0.15, 0.2) is 78.9 Å². The molecule has 5 heteroatoms. The first-order valence-corrected chi connectivity index (χ1v) is 12.8. The number of hydrogen-bond acceptors (Lipinski definition) is 3. The van der Waals surface area contributed by atoms with E-state index in [1.54, 1.807) is 0 Å². The maximum atomic E-state index is 13.5. The molecule has 0 amide bonds. The van der Waals surface area contributed by atoms with E-state index in [4.69, 9.17) is 9.47 Å². The molecule has 0 bridgehead atoms. The van der Waals surface area contributed by atoms with Crippen LogP contribution in [0, 0.1) is 11.3 Å². The average Bonchev–Trinajstić information content (AvgIpc) is 2.80. The molecule has 0 aromatic heterocycles. The summed E-state index contributed by atoms with van der Waals surface area (Å²) in [6.45, 7) is 9.71. The first kappa shape index (κ1) is 28.2. The van der Waals surface area contributed by atoms with E-state index in [-0.39, 0.29) is 38.4 Å². The molecule has 0 spiro atoms. The van der Waals surface area contributed by atoms with E-state index in [1.807, 2.05) is 78.9 Å². The number of para-hydroxylation sites is 2. The van der Waals surface area contributed by atoms with Gasteiger partial charge in [-0.3, -0.25) is 4.79 Å². The predicted molar refractivity (Wildman–Crippen MR) is 144 cm³/mol. The van der Waals surface area contributed by atoms with Gasteiger partial charge in [-0.1, -0.05) is 82.3 Å². The Morgan fingerprint density at radius 3 is 1.71 bits per heavy atom. The minimum absolute atomic E-state index is 0. The van der Waals surface area contributed by atoms with Gasteiger partial charge in [-0.2, -0.15) is 0 Å². The molecule has 3 aromatic carbocycles. The second-order valence-corrected chi connectivity index (χ2v) is 11.0. The number of carbonyl (C=O) groups excluding carboxylic acids is 1. The van der Waals surface area contributed by atoms with Crippen molar-refractivity contribution in [3.8, 4) is 11.5 Å². The van der Waals surface area contributed by atoms with Crippen molar-refractivity contribution in [1.29, 1.82) is 0 Å². The Bertz CT molecular complexity index is 955. The summed E-state index contributed by atoms with van der Waals surface area (Å²) in [7, 11) is 0.234. The van der Waals surface area contributed by atoms with Crippen LogP contribution >= 0.6 is 8.58 Å². The second kappa shape index (κ2) is 13.7. The zero-order valence-corrected chi connectivity index (χ0v) is 22.1. The summed E-state index contributed by atoms with van der Waals surface area (Å²) >= 11 is 0. The molecule has 2 atom stereocenters. The van der Waals surface area contributed by atoms with Crippen LogP contribution in [0.4, 0.5) is 0 Å². The number of rotatable bonds is 11. The number of benzene rings is 3. The standard InChI is InChI=1S/C29H35O3P.Li/c1-22(18-29(2,3)4)21-33-28(30)27-23(19-31-25-14-7-5-8-15-25)12-11-13-24(27)20-32-26-16-9-6-10-17-26;/h5-17,22,33H,18-21H2,1-4H3;. The topological polar surface area (TPSA) is 35.5 Å². The van der Waals surface area contributed by atoms with Crippen LogP contribution in [0.25, 0.3) is 0 Å². The van der Waals surface area contributed by atoms with Crippen LogP contribution in [0.2, 0.25) is 0 Å². The SMILES string of the molecule is CC(CPC(=O)c1c(COc2ccccc2)cccc1COc1ccccc1)CC(C)(C)C.[Li]. The summed E-state index contributed by atoms with van der Waals surface area (Å²) in [5.41, 5.74) is 3.03. The smallest absolute Gasteiger partial charge is 0.181 e. The molecule has 2 unspecified atom stereocenters. The Hall–Kier alpha value is -2.04. The fraction of sp³-hybridized carbons (Fsp3) is 0.345. The van der Waals surface area contributed by atoms with Gasteiger partial charge in [-0.15, -0.1) is 0 Å². The molecule has 3 rings (SSSR count). The average molecular weight is 470 g/mol. The molecule has 0 saturated carbocycles. The maximum Gasteiger partial charge on any atom is 0.181 e. The summed E-state index contributed by atoms with van der Waals surface area (Å²) in [5, 5.41) is 0. The van der Waals surface area contributed by atoms with Crippen LogP contribution in [0.3, 0.4) is 0 Å². The van der Waals surface area contributed by atoms with Crippen LogP contribution in [0.5, 0.6) is 11.5 Å². The first-order chi connectivity index (χ1) is 15.8. The van der Waals surface area contributed by atoms with E-state index in [1.165, 1.54) is 0 Å². The summed E-state index contributed by atoms with van der Waals surface area (Å²) in [6, 6.07) is 25.4. The fourth-order valence-corrected chi connectivity index (χ4v) is 5.19. The Labute approximate surface area is 218 Å². The Morgan fingerprint density at radius 2 is 1.26 bits per heavy atom. The summed E-state index contributed by atoms with van der Waals surface area (Å²) in [4.78, 5) is 13.5. The van der Waals surface area contributed by atoms with Gasteiger partial charge in [-0.05, 0) is 56.8 Å². The van der Waals surface area contributed by atoms with Gasteiger partial charge in [0.15, 0.2) is 5.52 Å². The predicted octanol–water partition coefficient (Wildman–Crippen LogP) is 7.35. The molecule has 0 aliphatic rings. The maximum absolute atomic E-state index is 13.5. The number of hydrogen-bond donors (Lipinski definition) is 0. The molecule has 3 nitrogen and oxygen atoms in total. The van der Waals surface area contributed by atoms with Gasteiger partial charge in [0.1, 0.15) is 24.7 Å². The Kier molecular flexibility index (Phi) is 11.4. The van der Waals surface area contributed by atoms with E-state index in [2.05, 4.69) is 27.7 Å². The molecule has 0 heterocycles. The molecule has 175 valence electrons. The van der Waals surface area contributed by atoms with E-state index in [0.717, 1.165) is 40.8 Å². The normalized spacial score (nSPS) is 12.2. The van der Waals surface area contributed by atoms with Crippen LogP contribution in [0.1, 0.15) is 55.6 Å². The zero-order valence-electron chi connectivity index (χ0n) is 21.1. The summed E-state index contributed by atoms with van der Waals surface area (Å²) < 4.78 is 12.0. The van der Waals surface area contributed by atoms with Crippen molar-refractivity contribution in [3.63, 3.8) is 0 Å². The van der Waals surface area contributed by atoms with Gasteiger partial charge in [0.25, 0.3) is 0 Å². The van der Waals surface area contributed by atoms with Gasteiger partial charge in [0.05, 0.1) is 0 Å². The molecule has 0 aliphatic heterocycles. The molecule has 0 N–H and O–H groups in total. The molecule has 0 fully saturated rings. The molecular weight excluding hydrogens is 434 g/mol. The van der Waals surface area contributed by atoms with Crippen molar-refractivity contribution in [1.82, 2.24) is 0 Å². The van der Waals surface area contributed by atoms with Crippen LogP contribution < -0.4 is 9.47 Å². The van der Waals surface area contributed by atoms with Crippen molar-refractivity contribution in [2.45, 2.75) is 47.3 Å². The van der Waals surface area contributed by atoms with E-state index in [0.29, 0.717) is 19.1 Å². The fourth-order valence-electron chi connectivity index (χ4n) is 4.01. The molecule has 0 saturated heterocycles. The summed E-state index contributed by atoms with van der Waals surface area (Å²) in [5.74, 6) is 2.09. The number of ether oxygens (including phenoxy) is 2.